The number of ether oxygens (including phenoxy) is 1. The molecule has 166 valence electrons. The van der Waals surface area contributed by atoms with Crippen LogP contribution in [0.25, 0.3) is 11.4 Å². The first-order valence-corrected chi connectivity index (χ1v) is 10.8. The van der Waals surface area contributed by atoms with Gasteiger partial charge in [0.1, 0.15) is 22.8 Å². The lowest BCUT2D eigenvalue weighted by Gasteiger charge is -2.40. The Hall–Kier alpha value is -3.41. The molecule has 0 aliphatic carbocycles. The number of carbonyl (C=O) groups is 1. The van der Waals surface area contributed by atoms with Crippen molar-refractivity contribution in [3.63, 3.8) is 0 Å². The van der Waals surface area contributed by atoms with Crippen molar-refractivity contribution in [2.45, 2.75) is 25.5 Å². The molecule has 3 aromatic rings. The molecule has 0 aromatic carbocycles. The number of hydrogen-bond donors (Lipinski definition) is 0. The molecule has 1 saturated heterocycles. The summed E-state index contributed by atoms with van der Waals surface area (Å²) in [5, 5.41) is 10.4. The van der Waals surface area contributed by atoms with Crippen LogP contribution in [0.1, 0.15) is 22.3 Å². The number of hydrogen-bond acceptors (Lipinski definition) is 7. The summed E-state index contributed by atoms with van der Waals surface area (Å²) in [6, 6.07) is 1.83. The van der Waals surface area contributed by atoms with Crippen LogP contribution < -0.4 is 4.74 Å². The highest BCUT2D eigenvalue weighted by Crippen LogP contribution is 2.33. The zero-order chi connectivity index (χ0) is 22.4. The molecular weight excluding hydrogens is 440 g/mol. The second-order valence-electron chi connectivity index (χ2n) is 7.58. The maximum absolute atomic E-state index is 14.3. The number of rotatable bonds is 4. The van der Waals surface area contributed by atoms with Gasteiger partial charge in [-0.15, -0.1) is 11.3 Å². The Bertz CT molecular complexity index is 1200. The Morgan fingerprint density at radius 1 is 1.28 bits per heavy atom. The molecule has 1 fully saturated rings. The standard InChI is InChI=1S/C20H19F2N7O2S/c1-11-8-23-19(32-11)16-4-6-25-29(16)20(30)28-9-12(10-28)31-18-14(22)7-13(21)17(26-18)15-3-5-24-27(15)2/h3,5-8,12,16H,4,9-10H2,1-2H3. The molecule has 1 unspecified atom stereocenters. The second-order valence-corrected chi connectivity index (χ2v) is 8.84. The highest BCUT2D eigenvalue weighted by atomic mass is 32.1. The molecule has 32 heavy (non-hydrogen) atoms. The normalized spacial score (nSPS) is 18.3. The summed E-state index contributed by atoms with van der Waals surface area (Å²) in [5.41, 5.74) is 0.342. The van der Waals surface area contributed by atoms with Crippen molar-refractivity contribution < 1.29 is 18.3 Å². The van der Waals surface area contributed by atoms with Gasteiger partial charge in [-0.2, -0.15) is 10.2 Å². The molecule has 0 spiro atoms. The summed E-state index contributed by atoms with van der Waals surface area (Å²) in [4.78, 5) is 23.9. The van der Waals surface area contributed by atoms with E-state index in [2.05, 4.69) is 20.2 Å². The molecule has 3 aromatic heterocycles. The molecule has 9 nitrogen and oxygen atoms in total. The number of thiazole rings is 1. The highest BCUT2D eigenvalue weighted by molar-refractivity contribution is 7.11. The first kappa shape index (κ1) is 20.5. The van der Waals surface area contributed by atoms with Gasteiger partial charge in [-0.1, -0.05) is 0 Å². The number of aromatic nitrogens is 4. The second kappa shape index (κ2) is 7.93. The number of halogens is 2. The van der Waals surface area contributed by atoms with Crippen LogP contribution in [-0.2, 0) is 7.05 Å². The smallest absolute Gasteiger partial charge is 0.341 e. The maximum atomic E-state index is 14.3. The molecule has 5 rings (SSSR count). The quantitative estimate of drug-likeness (QED) is 0.598. The number of pyridine rings is 1. The summed E-state index contributed by atoms with van der Waals surface area (Å²) in [7, 11) is 1.64. The van der Waals surface area contributed by atoms with Crippen LogP contribution in [0.2, 0.25) is 0 Å². The molecule has 12 heteroatoms. The summed E-state index contributed by atoms with van der Waals surface area (Å²) < 4.78 is 35.6. The topological polar surface area (TPSA) is 88.7 Å². The Balaban J connectivity index is 1.25. The number of carbonyl (C=O) groups excluding carboxylic acids is 1. The van der Waals surface area contributed by atoms with Gasteiger partial charge >= 0.3 is 6.03 Å². The molecular formula is C20H19F2N7O2S. The van der Waals surface area contributed by atoms with E-state index >= 15 is 0 Å². The van der Waals surface area contributed by atoms with E-state index < -0.39 is 17.7 Å². The van der Waals surface area contributed by atoms with E-state index in [0.717, 1.165) is 16.0 Å². The fourth-order valence-corrected chi connectivity index (χ4v) is 4.49. The van der Waals surface area contributed by atoms with Gasteiger partial charge in [-0.05, 0) is 13.0 Å². The minimum atomic E-state index is -0.901. The minimum Gasteiger partial charge on any atom is -0.468 e. The molecule has 2 aliphatic rings. The van der Waals surface area contributed by atoms with Crippen molar-refractivity contribution in [2.24, 2.45) is 12.1 Å². The third-order valence-corrected chi connectivity index (χ3v) is 6.32. The first-order valence-electron chi connectivity index (χ1n) is 9.94. The fourth-order valence-electron chi connectivity index (χ4n) is 3.62. The van der Waals surface area contributed by atoms with Gasteiger partial charge in [0.05, 0.1) is 18.8 Å². The summed E-state index contributed by atoms with van der Waals surface area (Å²) in [6.45, 7) is 2.45. The van der Waals surface area contributed by atoms with Crippen LogP contribution in [0.4, 0.5) is 13.6 Å². The van der Waals surface area contributed by atoms with Crippen molar-refractivity contribution >= 4 is 23.6 Å². The monoisotopic (exact) mass is 459 g/mol. The van der Waals surface area contributed by atoms with E-state index in [1.807, 2.05) is 6.92 Å². The zero-order valence-corrected chi connectivity index (χ0v) is 18.1. The molecule has 0 bridgehead atoms. The van der Waals surface area contributed by atoms with E-state index in [0.29, 0.717) is 12.1 Å². The number of nitrogens with zero attached hydrogens (tertiary/aromatic N) is 7. The molecule has 0 radical (unpaired) electrons. The van der Waals surface area contributed by atoms with E-state index in [-0.39, 0.29) is 36.7 Å². The number of aryl methyl sites for hydroxylation is 2. The Kier molecular flexibility index (Phi) is 5.08. The van der Waals surface area contributed by atoms with E-state index in [1.54, 1.807) is 30.4 Å². The number of likely N-dealkylation sites (tertiary alicyclic amines) is 1. The van der Waals surface area contributed by atoms with Gasteiger partial charge in [-0.3, -0.25) is 4.68 Å². The lowest BCUT2D eigenvalue weighted by atomic mass is 10.1. The Labute approximate surface area is 185 Å². The van der Waals surface area contributed by atoms with Crippen LogP contribution in [0.15, 0.2) is 29.6 Å². The zero-order valence-electron chi connectivity index (χ0n) is 17.3. The van der Waals surface area contributed by atoms with Crippen LogP contribution in [0, 0.1) is 18.6 Å². The van der Waals surface area contributed by atoms with Gasteiger partial charge in [0.15, 0.2) is 11.6 Å². The molecule has 2 aliphatic heterocycles. The van der Waals surface area contributed by atoms with Gasteiger partial charge in [-0.25, -0.2) is 28.6 Å². The number of amides is 2. The van der Waals surface area contributed by atoms with Crippen molar-refractivity contribution in [3.8, 4) is 17.3 Å². The average Bonchev–Trinajstić information content (AvgIpc) is 3.46. The van der Waals surface area contributed by atoms with Gasteiger partial charge in [0, 0.05) is 43.0 Å². The summed E-state index contributed by atoms with van der Waals surface area (Å²) >= 11 is 1.53. The van der Waals surface area contributed by atoms with Crippen molar-refractivity contribution in [1.29, 1.82) is 0 Å². The first-order chi connectivity index (χ1) is 15.4. The highest BCUT2D eigenvalue weighted by Gasteiger charge is 2.40. The number of hydrazone groups is 1. The Morgan fingerprint density at radius 3 is 2.78 bits per heavy atom. The summed E-state index contributed by atoms with van der Waals surface area (Å²) in [6.07, 6.45) is 5.12. The van der Waals surface area contributed by atoms with Crippen LogP contribution in [0.5, 0.6) is 5.88 Å². The third kappa shape index (κ3) is 3.60. The summed E-state index contributed by atoms with van der Waals surface area (Å²) in [5.74, 6) is -2.02. The van der Waals surface area contributed by atoms with Crippen LogP contribution in [0.3, 0.4) is 0 Å². The van der Waals surface area contributed by atoms with Crippen LogP contribution in [-0.4, -0.2) is 61.1 Å². The largest absolute Gasteiger partial charge is 0.468 e. The molecule has 2 amide bonds. The predicted octanol–water partition coefficient (Wildman–Crippen LogP) is 3.14. The van der Waals surface area contributed by atoms with Crippen molar-refractivity contribution in [2.75, 3.05) is 13.1 Å². The molecule has 0 N–H and O–H groups in total. The van der Waals surface area contributed by atoms with E-state index in [9.17, 15) is 13.6 Å². The van der Waals surface area contributed by atoms with Crippen LogP contribution >= 0.6 is 11.3 Å². The van der Waals surface area contributed by atoms with Gasteiger partial charge in [0.25, 0.3) is 5.88 Å². The van der Waals surface area contributed by atoms with Gasteiger partial charge in [0.2, 0.25) is 0 Å². The lowest BCUT2D eigenvalue weighted by Crippen LogP contribution is -2.59. The third-order valence-electron chi connectivity index (χ3n) is 5.31. The lowest BCUT2D eigenvalue weighted by molar-refractivity contribution is 0.0230. The van der Waals surface area contributed by atoms with E-state index in [4.69, 9.17) is 4.74 Å². The molecule has 5 heterocycles. The van der Waals surface area contributed by atoms with Crippen molar-refractivity contribution in [1.82, 2.24) is 29.7 Å². The predicted molar refractivity (Wildman–Crippen MR) is 112 cm³/mol. The fraction of sp³-hybridized carbons (Fsp3) is 0.350. The minimum absolute atomic E-state index is 0.0540. The number of urea groups is 1. The molecule has 0 saturated carbocycles. The molecule has 1 atom stereocenters. The Morgan fingerprint density at radius 2 is 2.09 bits per heavy atom. The SMILES string of the molecule is Cc1cnc(C2CC=NN2C(=O)N2CC(Oc3nc(-c4ccnn4C)c(F)cc3F)C2)s1. The van der Waals surface area contributed by atoms with Crippen molar-refractivity contribution in [3.05, 3.63) is 46.0 Å². The van der Waals surface area contributed by atoms with Gasteiger partial charge < -0.3 is 9.64 Å². The van der Waals surface area contributed by atoms with E-state index in [1.165, 1.54) is 27.2 Å². The average molecular weight is 459 g/mol. The maximum Gasteiger partial charge on any atom is 0.341 e.